The predicted molar refractivity (Wildman–Crippen MR) is 127 cm³/mol. The number of hydrogen-bond donors (Lipinski definition) is 1. The molecule has 4 aromatic rings. The summed E-state index contributed by atoms with van der Waals surface area (Å²) in [6, 6.07) is 17.9. The third kappa shape index (κ3) is 4.48. The van der Waals surface area contributed by atoms with E-state index in [1.54, 1.807) is 24.5 Å². The third-order valence-corrected chi connectivity index (χ3v) is 6.63. The summed E-state index contributed by atoms with van der Waals surface area (Å²) in [6.45, 7) is 1.15. The fourth-order valence-electron chi connectivity index (χ4n) is 4.25. The van der Waals surface area contributed by atoms with Crippen molar-refractivity contribution >= 4 is 22.2 Å². The van der Waals surface area contributed by atoms with Crippen molar-refractivity contribution in [2.45, 2.75) is 31.7 Å². The van der Waals surface area contributed by atoms with Gasteiger partial charge in [0.15, 0.2) is 0 Å². The normalized spacial score (nSPS) is 18.7. The highest BCUT2D eigenvalue weighted by Crippen LogP contribution is 2.31. The van der Waals surface area contributed by atoms with Crippen LogP contribution in [0.2, 0.25) is 0 Å². The zero-order chi connectivity index (χ0) is 21.9. The molecule has 0 amide bonds. The van der Waals surface area contributed by atoms with E-state index in [0.717, 1.165) is 51.7 Å². The second-order valence-electron chi connectivity index (χ2n) is 8.04. The van der Waals surface area contributed by atoms with E-state index in [9.17, 15) is 4.79 Å². The highest BCUT2D eigenvalue weighted by molar-refractivity contribution is 7.08. The highest BCUT2D eigenvalue weighted by atomic mass is 32.1. The zero-order valence-corrected chi connectivity index (χ0v) is 18.7. The number of fused-ring (bicyclic) bond motifs is 1. The molecule has 0 saturated carbocycles. The van der Waals surface area contributed by atoms with Gasteiger partial charge in [-0.15, -0.1) is 0 Å². The molecule has 164 valence electrons. The number of rotatable bonds is 6. The minimum absolute atomic E-state index is 0.0509. The first-order chi connectivity index (χ1) is 15.7. The van der Waals surface area contributed by atoms with Crippen LogP contribution in [0, 0.1) is 0 Å². The lowest BCUT2D eigenvalue weighted by Crippen LogP contribution is -2.25. The van der Waals surface area contributed by atoms with Gasteiger partial charge in [-0.1, -0.05) is 18.2 Å². The standard InChI is InChI=1S/C26H25NO4S/c1-29-20-7-9-30-25(13-20)18-4-2-3-17(11-18)15-31-21-5-6-22-23(19-8-10-32-16-19)14-26(28)27-24(22)12-21/h2-6,8,10-12,14,16,20,25H,7,9,13,15H2,1H3,(H,27,28). The minimum atomic E-state index is -0.120. The van der Waals surface area contributed by atoms with Crippen molar-refractivity contribution in [3.8, 4) is 16.9 Å². The van der Waals surface area contributed by atoms with Gasteiger partial charge < -0.3 is 19.2 Å². The minimum Gasteiger partial charge on any atom is -0.489 e. The summed E-state index contributed by atoms with van der Waals surface area (Å²) in [7, 11) is 1.76. The van der Waals surface area contributed by atoms with Crippen molar-refractivity contribution in [3.05, 3.63) is 86.8 Å². The second kappa shape index (κ2) is 9.28. The van der Waals surface area contributed by atoms with Gasteiger partial charge in [0.05, 0.1) is 17.7 Å². The Morgan fingerprint density at radius 2 is 2.09 bits per heavy atom. The van der Waals surface area contributed by atoms with E-state index < -0.39 is 0 Å². The quantitative estimate of drug-likeness (QED) is 0.412. The van der Waals surface area contributed by atoms with Crippen LogP contribution in [0.4, 0.5) is 0 Å². The van der Waals surface area contributed by atoms with Crippen LogP contribution in [0.3, 0.4) is 0 Å². The Labute approximate surface area is 190 Å². The Morgan fingerprint density at radius 3 is 2.94 bits per heavy atom. The van der Waals surface area contributed by atoms with Crippen LogP contribution in [0.25, 0.3) is 22.0 Å². The molecular formula is C26H25NO4S. The lowest BCUT2D eigenvalue weighted by Gasteiger charge is -2.29. The topological polar surface area (TPSA) is 60.6 Å². The van der Waals surface area contributed by atoms with Gasteiger partial charge in [-0.05, 0) is 63.7 Å². The first-order valence-electron chi connectivity index (χ1n) is 10.8. The Kier molecular flexibility index (Phi) is 6.08. The Bertz CT molecular complexity index is 1260. The van der Waals surface area contributed by atoms with Crippen LogP contribution in [0.15, 0.2) is 70.2 Å². The van der Waals surface area contributed by atoms with E-state index in [2.05, 4.69) is 28.6 Å². The summed E-state index contributed by atoms with van der Waals surface area (Å²) in [5.74, 6) is 0.717. The van der Waals surface area contributed by atoms with Gasteiger partial charge in [-0.25, -0.2) is 0 Å². The van der Waals surface area contributed by atoms with Gasteiger partial charge in [-0.3, -0.25) is 4.79 Å². The molecule has 6 heteroatoms. The van der Waals surface area contributed by atoms with E-state index in [0.29, 0.717) is 13.2 Å². The van der Waals surface area contributed by atoms with E-state index in [4.69, 9.17) is 14.2 Å². The predicted octanol–water partition coefficient (Wildman–Crippen LogP) is 5.70. The van der Waals surface area contributed by atoms with Gasteiger partial charge in [0.1, 0.15) is 12.4 Å². The molecule has 1 aliphatic heterocycles. The lowest BCUT2D eigenvalue weighted by molar-refractivity contribution is -0.0599. The molecule has 2 aromatic carbocycles. The van der Waals surface area contributed by atoms with Crippen LogP contribution in [-0.4, -0.2) is 24.8 Å². The van der Waals surface area contributed by atoms with E-state index in [1.807, 2.05) is 35.7 Å². The smallest absolute Gasteiger partial charge is 0.249 e. The molecule has 32 heavy (non-hydrogen) atoms. The molecule has 2 atom stereocenters. The number of thiophene rings is 1. The van der Waals surface area contributed by atoms with Gasteiger partial charge in [0.25, 0.3) is 0 Å². The summed E-state index contributed by atoms with van der Waals surface area (Å²) in [6.07, 6.45) is 2.10. The van der Waals surface area contributed by atoms with Gasteiger partial charge in [0.2, 0.25) is 5.56 Å². The maximum Gasteiger partial charge on any atom is 0.249 e. The van der Waals surface area contributed by atoms with Crippen LogP contribution in [0.1, 0.15) is 30.1 Å². The largest absolute Gasteiger partial charge is 0.489 e. The number of pyridine rings is 1. The molecule has 1 N–H and O–H groups in total. The molecule has 2 unspecified atom stereocenters. The monoisotopic (exact) mass is 447 g/mol. The Balaban J connectivity index is 1.34. The molecule has 5 nitrogen and oxygen atoms in total. The number of H-pyrrole nitrogens is 1. The Morgan fingerprint density at radius 1 is 1.16 bits per heavy atom. The van der Waals surface area contributed by atoms with E-state index in [-0.39, 0.29) is 17.8 Å². The number of methoxy groups -OCH3 is 1. The van der Waals surface area contributed by atoms with E-state index >= 15 is 0 Å². The maximum absolute atomic E-state index is 12.2. The lowest BCUT2D eigenvalue weighted by atomic mass is 9.98. The molecule has 3 heterocycles. The molecule has 1 aliphatic rings. The molecule has 5 rings (SSSR count). The maximum atomic E-state index is 12.2. The average molecular weight is 448 g/mol. The number of benzene rings is 2. The number of hydrogen-bond acceptors (Lipinski definition) is 5. The summed E-state index contributed by atoms with van der Waals surface area (Å²) >= 11 is 1.62. The van der Waals surface area contributed by atoms with Crippen molar-refractivity contribution in [2.24, 2.45) is 0 Å². The summed E-state index contributed by atoms with van der Waals surface area (Å²) in [5, 5.41) is 5.07. The van der Waals surface area contributed by atoms with Crippen molar-refractivity contribution in [1.29, 1.82) is 0 Å². The average Bonchev–Trinajstić information content (AvgIpc) is 3.37. The fourth-order valence-corrected chi connectivity index (χ4v) is 4.90. The van der Waals surface area contributed by atoms with Gasteiger partial charge in [0, 0.05) is 37.7 Å². The van der Waals surface area contributed by atoms with Crippen molar-refractivity contribution < 1.29 is 14.2 Å². The SMILES string of the molecule is COC1CCOC(c2cccc(COc3ccc4c(-c5ccsc5)cc(=O)[nH]c4c3)c2)C1. The molecular weight excluding hydrogens is 422 g/mol. The summed E-state index contributed by atoms with van der Waals surface area (Å²) < 4.78 is 17.6. The van der Waals surface area contributed by atoms with Crippen molar-refractivity contribution in [3.63, 3.8) is 0 Å². The van der Waals surface area contributed by atoms with Gasteiger partial charge in [-0.2, -0.15) is 11.3 Å². The molecule has 1 fully saturated rings. The molecule has 1 saturated heterocycles. The number of ether oxygens (including phenoxy) is 3. The van der Waals surface area contributed by atoms with Crippen molar-refractivity contribution in [1.82, 2.24) is 4.98 Å². The third-order valence-electron chi connectivity index (χ3n) is 5.94. The van der Waals surface area contributed by atoms with Crippen molar-refractivity contribution in [2.75, 3.05) is 13.7 Å². The van der Waals surface area contributed by atoms with E-state index in [1.165, 1.54) is 0 Å². The van der Waals surface area contributed by atoms with Crippen LogP contribution in [-0.2, 0) is 16.1 Å². The fraction of sp³-hybridized carbons (Fsp3) is 0.269. The highest BCUT2D eigenvalue weighted by Gasteiger charge is 2.23. The van der Waals surface area contributed by atoms with Gasteiger partial charge >= 0.3 is 0 Å². The number of nitrogens with one attached hydrogen (secondary N) is 1. The first-order valence-corrected chi connectivity index (χ1v) is 11.7. The Hall–Kier alpha value is -2.93. The molecule has 2 aromatic heterocycles. The van der Waals surface area contributed by atoms with Crippen LogP contribution < -0.4 is 10.3 Å². The molecule has 0 radical (unpaired) electrons. The van der Waals surface area contributed by atoms with Crippen LogP contribution in [0.5, 0.6) is 5.75 Å². The first kappa shape index (κ1) is 20.9. The molecule has 0 bridgehead atoms. The summed E-state index contributed by atoms with van der Waals surface area (Å²) in [4.78, 5) is 15.1. The summed E-state index contributed by atoms with van der Waals surface area (Å²) in [5.41, 5.74) is 4.86. The zero-order valence-electron chi connectivity index (χ0n) is 17.9. The second-order valence-corrected chi connectivity index (χ2v) is 8.82. The molecule has 0 aliphatic carbocycles. The molecule has 0 spiro atoms. The number of aromatic nitrogens is 1. The number of aromatic amines is 1. The van der Waals surface area contributed by atoms with Crippen LogP contribution >= 0.6 is 11.3 Å².